The van der Waals surface area contributed by atoms with Gasteiger partial charge in [-0.1, -0.05) is 54.0 Å². The largest absolute Gasteiger partial charge is 0.352 e. The highest BCUT2D eigenvalue weighted by atomic mass is 16.2. The first-order valence-electron chi connectivity index (χ1n) is 13.3. The zero-order valence-corrected chi connectivity index (χ0v) is 23.0. The van der Waals surface area contributed by atoms with Crippen molar-refractivity contribution in [3.8, 4) is 0 Å². The molecule has 2 aliphatic rings. The van der Waals surface area contributed by atoms with E-state index in [1.165, 1.54) is 22.3 Å². The third-order valence-electron chi connectivity index (χ3n) is 6.14. The van der Waals surface area contributed by atoms with Crippen molar-refractivity contribution in [3.63, 3.8) is 0 Å². The highest BCUT2D eigenvalue weighted by Crippen LogP contribution is 2.31. The van der Waals surface area contributed by atoms with E-state index in [0.717, 1.165) is 64.5 Å². The molecule has 0 heterocycles. The Hall–Kier alpha value is -2.10. The minimum Gasteiger partial charge on any atom is -0.352 e. The fraction of sp³-hybridized carbons (Fsp3) is 0.677. The standard InChI is InChI=1S/C16H27NO.C14H23NO.CH4/c1-5-17(16(18)15-9-10-15)12-11-14(4)8-6-7-13(2)3;1-11(2)5-4-6-12(3)9-10-15-14(16)13-7-8-13;/h7,11,15H,5-6,8-10,12H2,1-4H3;5,9,13H,4,6-8,10H2,1-3H3,(H,15,16);1H4/b14-11+;12-9+;. The lowest BCUT2D eigenvalue weighted by Gasteiger charge is -2.19. The molecule has 0 unspecified atom stereocenters. The highest BCUT2D eigenvalue weighted by molar-refractivity contribution is 5.81. The van der Waals surface area contributed by atoms with E-state index < -0.39 is 0 Å². The maximum Gasteiger partial charge on any atom is 0.225 e. The second-order valence-electron chi connectivity index (χ2n) is 10.4. The smallest absolute Gasteiger partial charge is 0.225 e. The molecule has 4 nitrogen and oxygen atoms in total. The summed E-state index contributed by atoms with van der Waals surface area (Å²) in [6, 6.07) is 0. The van der Waals surface area contributed by atoms with Crippen molar-refractivity contribution in [2.45, 2.75) is 107 Å². The number of hydrogen-bond donors (Lipinski definition) is 1. The maximum atomic E-state index is 11.9. The zero-order chi connectivity index (χ0) is 25.5. The molecule has 0 spiro atoms. The van der Waals surface area contributed by atoms with Crippen molar-refractivity contribution >= 4 is 11.8 Å². The first-order chi connectivity index (χ1) is 16.1. The van der Waals surface area contributed by atoms with Crippen LogP contribution in [0.4, 0.5) is 0 Å². The van der Waals surface area contributed by atoms with E-state index in [9.17, 15) is 9.59 Å². The molecule has 200 valence electrons. The fourth-order valence-corrected chi connectivity index (χ4v) is 3.43. The molecule has 2 saturated carbocycles. The summed E-state index contributed by atoms with van der Waals surface area (Å²) in [4.78, 5) is 25.3. The van der Waals surface area contributed by atoms with Gasteiger partial charge in [0.25, 0.3) is 0 Å². The number of carbonyl (C=O) groups is 2. The van der Waals surface area contributed by atoms with Crippen LogP contribution >= 0.6 is 0 Å². The Kier molecular flexibility index (Phi) is 17.1. The molecular weight excluding hydrogens is 432 g/mol. The third kappa shape index (κ3) is 17.0. The number of nitrogens with one attached hydrogen (secondary N) is 1. The first-order valence-corrected chi connectivity index (χ1v) is 13.3. The Balaban J connectivity index is 0.000000646. The SMILES string of the molecule is C.CC(C)=CCC/C(C)=C/CNC(=O)C1CC1.CCN(C/C=C(\C)CCC=C(C)C)C(=O)C1CC1. The lowest BCUT2D eigenvalue weighted by atomic mass is 10.1. The van der Waals surface area contributed by atoms with Crippen LogP contribution in [-0.4, -0.2) is 36.3 Å². The van der Waals surface area contributed by atoms with Crippen LogP contribution in [0.25, 0.3) is 0 Å². The molecule has 2 fully saturated rings. The van der Waals surface area contributed by atoms with Gasteiger partial charge in [0.2, 0.25) is 11.8 Å². The minimum atomic E-state index is 0. The molecule has 0 aromatic heterocycles. The van der Waals surface area contributed by atoms with Crippen molar-refractivity contribution in [3.05, 3.63) is 46.6 Å². The van der Waals surface area contributed by atoms with Gasteiger partial charge in [0.05, 0.1) is 0 Å². The number of allylic oxidation sites excluding steroid dienone is 6. The number of carbonyl (C=O) groups excluding carboxylic acids is 2. The van der Waals surface area contributed by atoms with Gasteiger partial charge in [-0.15, -0.1) is 0 Å². The quantitative estimate of drug-likeness (QED) is 0.270. The Labute approximate surface area is 217 Å². The zero-order valence-electron chi connectivity index (χ0n) is 23.0. The average molecular weight is 487 g/mol. The van der Waals surface area contributed by atoms with Gasteiger partial charge in [-0.2, -0.15) is 0 Å². The van der Waals surface area contributed by atoms with E-state index in [1.54, 1.807) is 0 Å². The maximum absolute atomic E-state index is 11.9. The number of amides is 2. The van der Waals surface area contributed by atoms with E-state index in [0.29, 0.717) is 24.3 Å². The summed E-state index contributed by atoms with van der Waals surface area (Å²) >= 11 is 0. The van der Waals surface area contributed by atoms with Gasteiger partial charge >= 0.3 is 0 Å². The van der Waals surface area contributed by atoms with Crippen molar-refractivity contribution in [1.29, 1.82) is 0 Å². The van der Waals surface area contributed by atoms with Crippen LogP contribution in [0.15, 0.2) is 46.6 Å². The molecule has 1 N–H and O–H groups in total. The van der Waals surface area contributed by atoms with Crippen molar-refractivity contribution in [2.75, 3.05) is 19.6 Å². The first kappa shape index (κ1) is 32.9. The van der Waals surface area contributed by atoms with Crippen LogP contribution in [0.1, 0.15) is 107 Å². The van der Waals surface area contributed by atoms with Crippen molar-refractivity contribution in [1.82, 2.24) is 10.2 Å². The predicted molar refractivity (Wildman–Crippen MR) is 152 cm³/mol. The van der Waals surface area contributed by atoms with Crippen LogP contribution < -0.4 is 5.32 Å². The molecule has 0 aliphatic heterocycles. The lowest BCUT2D eigenvalue weighted by Crippen LogP contribution is -2.32. The van der Waals surface area contributed by atoms with E-state index in [2.05, 4.69) is 78.1 Å². The minimum absolute atomic E-state index is 0. The summed E-state index contributed by atoms with van der Waals surface area (Å²) in [5.74, 6) is 1.24. The van der Waals surface area contributed by atoms with Crippen LogP contribution in [0.3, 0.4) is 0 Å². The number of hydrogen-bond acceptors (Lipinski definition) is 2. The Morgan fingerprint density at radius 3 is 1.69 bits per heavy atom. The summed E-state index contributed by atoms with van der Waals surface area (Å²) in [6.45, 7) is 17.2. The van der Waals surface area contributed by atoms with E-state index >= 15 is 0 Å². The molecule has 2 amide bonds. The van der Waals surface area contributed by atoms with Gasteiger partial charge in [0, 0.05) is 31.5 Å². The molecule has 35 heavy (non-hydrogen) atoms. The second-order valence-corrected chi connectivity index (χ2v) is 10.4. The summed E-state index contributed by atoms with van der Waals surface area (Å²) in [7, 11) is 0. The third-order valence-corrected chi connectivity index (χ3v) is 6.14. The van der Waals surface area contributed by atoms with Gasteiger partial charge in [0.15, 0.2) is 0 Å². The average Bonchev–Trinajstić information content (AvgIpc) is 3.66. The molecule has 0 radical (unpaired) electrons. The van der Waals surface area contributed by atoms with E-state index in [4.69, 9.17) is 0 Å². The van der Waals surface area contributed by atoms with Gasteiger partial charge in [-0.05, 0) is 99.8 Å². The van der Waals surface area contributed by atoms with Gasteiger partial charge < -0.3 is 10.2 Å². The molecule has 0 atom stereocenters. The molecule has 0 saturated heterocycles. The Morgan fingerprint density at radius 1 is 0.771 bits per heavy atom. The van der Waals surface area contributed by atoms with Crippen LogP contribution in [-0.2, 0) is 9.59 Å². The summed E-state index contributed by atoms with van der Waals surface area (Å²) in [6.07, 6.45) is 17.6. The fourth-order valence-electron chi connectivity index (χ4n) is 3.43. The molecule has 4 heteroatoms. The lowest BCUT2D eigenvalue weighted by molar-refractivity contribution is -0.131. The van der Waals surface area contributed by atoms with Crippen LogP contribution in [0.2, 0.25) is 0 Å². The Morgan fingerprint density at radius 2 is 1.26 bits per heavy atom. The molecule has 0 aromatic carbocycles. The molecule has 2 rings (SSSR count). The number of likely N-dealkylation sites (N-methyl/N-ethyl adjacent to an activating group) is 1. The predicted octanol–water partition coefficient (Wildman–Crippen LogP) is 7.78. The van der Waals surface area contributed by atoms with Crippen LogP contribution in [0, 0.1) is 11.8 Å². The van der Waals surface area contributed by atoms with Gasteiger partial charge in [-0.25, -0.2) is 0 Å². The van der Waals surface area contributed by atoms with Gasteiger partial charge in [-0.3, -0.25) is 9.59 Å². The topological polar surface area (TPSA) is 49.4 Å². The molecule has 0 aromatic rings. The number of nitrogens with zero attached hydrogens (tertiary/aromatic N) is 1. The Bertz CT molecular complexity index is 757. The summed E-state index contributed by atoms with van der Waals surface area (Å²) < 4.78 is 0. The van der Waals surface area contributed by atoms with E-state index in [-0.39, 0.29) is 13.3 Å². The highest BCUT2D eigenvalue weighted by Gasteiger charge is 2.32. The number of rotatable bonds is 13. The van der Waals surface area contributed by atoms with Gasteiger partial charge in [0.1, 0.15) is 0 Å². The molecular formula is C31H54N2O2. The normalized spacial score (nSPS) is 15.2. The molecule has 0 bridgehead atoms. The summed E-state index contributed by atoms with van der Waals surface area (Å²) in [5.41, 5.74) is 5.49. The van der Waals surface area contributed by atoms with E-state index in [1.807, 2.05) is 4.90 Å². The van der Waals surface area contributed by atoms with Crippen molar-refractivity contribution in [2.24, 2.45) is 11.8 Å². The van der Waals surface area contributed by atoms with Crippen LogP contribution in [0.5, 0.6) is 0 Å². The van der Waals surface area contributed by atoms with Crippen molar-refractivity contribution < 1.29 is 9.59 Å². The molecule has 2 aliphatic carbocycles. The monoisotopic (exact) mass is 486 g/mol. The second kappa shape index (κ2) is 18.2. The summed E-state index contributed by atoms with van der Waals surface area (Å²) in [5, 5.41) is 2.94.